The Morgan fingerprint density at radius 1 is 0.302 bits per heavy atom. The maximum absolute atomic E-state index is 5.27. The molecule has 10 rings (SSSR count). The van der Waals surface area contributed by atoms with Crippen LogP contribution in [0.1, 0.15) is 0 Å². The zero-order valence-corrected chi connectivity index (χ0v) is 28.8. The molecule has 2 heterocycles. The molecule has 0 aliphatic heterocycles. The van der Waals surface area contributed by atoms with Gasteiger partial charge in [-0.3, -0.25) is 0 Å². The third-order valence-corrected chi connectivity index (χ3v) is 10.0. The molecule has 0 saturated heterocycles. The smallest absolute Gasteiger partial charge is 0.166 e. The van der Waals surface area contributed by atoms with Gasteiger partial charge in [0.25, 0.3) is 0 Å². The van der Waals surface area contributed by atoms with Crippen molar-refractivity contribution in [1.82, 2.24) is 19.5 Å². The molecule has 248 valence electrons. The first kappa shape index (κ1) is 30.6. The van der Waals surface area contributed by atoms with Crippen molar-refractivity contribution in [3.8, 4) is 62.1 Å². The SMILES string of the molecule is c1ccc(-c2ccc(-c3nc(-c4ccccc4)nc(-c4ccc5cc(-c6ccccc6)ccc5c4)n3)c(-n3c4ccccc4c4ccccc43)c2)cc1. The van der Waals surface area contributed by atoms with Crippen LogP contribution in [-0.4, -0.2) is 19.5 Å². The summed E-state index contributed by atoms with van der Waals surface area (Å²) in [6.07, 6.45) is 0. The van der Waals surface area contributed by atoms with Crippen molar-refractivity contribution >= 4 is 32.6 Å². The van der Waals surface area contributed by atoms with Gasteiger partial charge < -0.3 is 4.57 Å². The number of hydrogen-bond donors (Lipinski definition) is 0. The van der Waals surface area contributed by atoms with E-state index in [-0.39, 0.29) is 0 Å². The minimum Gasteiger partial charge on any atom is -0.308 e. The maximum Gasteiger partial charge on any atom is 0.166 e. The third kappa shape index (κ3) is 5.54. The molecule has 0 radical (unpaired) electrons. The lowest BCUT2D eigenvalue weighted by Gasteiger charge is -2.16. The van der Waals surface area contributed by atoms with Crippen LogP contribution in [0.25, 0.3) is 94.7 Å². The number of hydrogen-bond acceptors (Lipinski definition) is 3. The van der Waals surface area contributed by atoms with Crippen molar-refractivity contribution in [2.75, 3.05) is 0 Å². The molecule has 0 amide bonds. The molecule has 0 spiro atoms. The first-order chi connectivity index (χ1) is 26.3. The first-order valence-electron chi connectivity index (χ1n) is 17.9. The van der Waals surface area contributed by atoms with Gasteiger partial charge >= 0.3 is 0 Å². The van der Waals surface area contributed by atoms with Gasteiger partial charge in [-0.15, -0.1) is 0 Å². The third-order valence-electron chi connectivity index (χ3n) is 10.0. The molecular formula is C49H32N4. The lowest BCUT2D eigenvalue weighted by atomic mass is 9.99. The highest BCUT2D eigenvalue weighted by molar-refractivity contribution is 6.09. The lowest BCUT2D eigenvalue weighted by Crippen LogP contribution is -2.04. The molecule has 0 bridgehead atoms. The van der Waals surface area contributed by atoms with Crippen LogP contribution in [0.2, 0.25) is 0 Å². The average Bonchev–Trinajstić information content (AvgIpc) is 3.58. The lowest BCUT2D eigenvalue weighted by molar-refractivity contribution is 1.06. The van der Waals surface area contributed by atoms with E-state index in [0.717, 1.165) is 55.3 Å². The summed E-state index contributed by atoms with van der Waals surface area (Å²) in [6, 6.07) is 68.1. The van der Waals surface area contributed by atoms with Crippen LogP contribution in [0.3, 0.4) is 0 Å². The second-order valence-electron chi connectivity index (χ2n) is 13.3. The average molecular weight is 677 g/mol. The van der Waals surface area contributed by atoms with E-state index in [9.17, 15) is 0 Å². The Balaban J connectivity index is 1.20. The van der Waals surface area contributed by atoms with E-state index in [1.54, 1.807) is 0 Å². The quantitative estimate of drug-likeness (QED) is 0.176. The molecule has 10 aromatic rings. The molecule has 0 aliphatic rings. The highest BCUT2D eigenvalue weighted by atomic mass is 15.1. The Morgan fingerprint density at radius 3 is 1.34 bits per heavy atom. The Morgan fingerprint density at radius 2 is 0.736 bits per heavy atom. The molecule has 53 heavy (non-hydrogen) atoms. The molecule has 4 heteroatoms. The summed E-state index contributed by atoms with van der Waals surface area (Å²) in [4.78, 5) is 15.6. The van der Waals surface area contributed by atoms with E-state index in [1.807, 2.05) is 24.3 Å². The van der Waals surface area contributed by atoms with Crippen molar-refractivity contribution in [2.24, 2.45) is 0 Å². The van der Waals surface area contributed by atoms with Crippen molar-refractivity contribution < 1.29 is 0 Å². The fraction of sp³-hybridized carbons (Fsp3) is 0. The van der Waals surface area contributed by atoms with Crippen LogP contribution in [0.15, 0.2) is 194 Å². The number of fused-ring (bicyclic) bond motifs is 4. The molecule has 8 aromatic carbocycles. The minimum absolute atomic E-state index is 0.616. The molecule has 0 atom stereocenters. The predicted octanol–water partition coefficient (Wildman–Crippen LogP) is 12.5. The number of benzene rings is 8. The van der Waals surface area contributed by atoms with Crippen LogP contribution in [-0.2, 0) is 0 Å². The van der Waals surface area contributed by atoms with Gasteiger partial charge in [-0.25, -0.2) is 15.0 Å². The topological polar surface area (TPSA) is 43.6 Å². The molecule has 2 aromatic heterocycles. The van der Waals surface area contributed by atoms with Crippen LogP contribution < -0.4 is 0 Å². The van der Waals surface area contributed by atoms with E-state index >= 15 is 0 Å². The summed E-state index contributed by atoms with van der Waals surface area (Å²) in [6.45, 7) is 0. The molecule has 0 N–H and O–H groups in total. The van der Waals surface area contributed by atoms with E-state index < -0.39 is 0 Å². The van der Waals surface area contributed by atoms with Gasteiger partial charge in [0.1, 0.15) is 0 Å². The Kier molecular flexibility index (Phi) is 7.43. The van der Waals surface area contributed by atoms with Crippen LogP contribution in [0, 0.1) is 0 Å². The van der Waals surface area contributed by atoms with Crippen LogP contribution in [0.4, 0.5) is 0 Å². The standard InChI is InChI=1S/C49H32N4/c1-4-14-33(15-5-1)36-24-25-38-31-40(27-26-37(38)30-36)48-50-47(35-18-8-3-9-19-35)51-49(52-48)43-29-28-39(34-16-6-2-7-17-34)32-46(43)53-44-22-12-10-20-41(44)42-21-11-13-23-45(42)53/h1-32H. The van der Waals surface area contributed by atoms with Gasteiger partial charge in [-0.2, -0.15) is 0 Å². The van der Waals surface area contributed by atoms with Crippen LogP contribution in [0.5, 0.6) is 0 Å². The molecule has 0 fully saturated rings. The fourth-order valence-corrected chi connectivity index (χ4v) is 7.43. The summed E-state index contributed by atoms with van der Waals surface area (Å²) in [5.41, 5.74) is 10.7. The van der Waals surface area contributed by atoms with E-state index in [1.165, 1.54) is 21.9 Å². The van der Waals surface area contributed by atoms with Crippen LogP contribution >= 0.6 is 0 Å². The Bertz CT molecular complexity index is 2880. The molecule has 4 nitrogen and oxygen atoms in total. The van der Waals surface area contributed by atoms with Crippen molar-refractivity contribution in [3.05, 3.63) is 194 Å². The molecule has 0 saturated carbocycles. The Hall–Kier alpha value is -7.17. The number of aromatic nitrogens is 4. The summed E-state index contributed by atoms with van der Waals surface area (Å²) >= 11 is 0. The summed E-state index contributed by atoms with van der Waals surface area (Å²) in [5, 5.41) is 4.69. The fourth-order valence-electron chi connectivity index (χ4n) is 7.43. The van der Waals surface area contributed by atoms with Gasteiger partial charge in [0.2, 0.25) is 0 Å². The van der Waals surface area contributed by atoms with Crippen molar-refractivity contribution in [3.63, 3.8) is 0 Å². The minimum atomic E-state index is 0.616. The maximum atomic E-state index is 5.27. The van der Waals surface area contributed by atoms with E-state index in [4.69, 9.17) is 15.0 Å². The normalized spacial score (nSPS) is 11.4. The molecule has 0 aliphatic carbocycles. The largest absolute Gasteiger partial charge is 0.308 e. The van der Waals surface area contributed by atoms with E-state index in [0.29, 0.717) is 17.5 Å². The van der Waals surface area contributed by atoms with Crippen molar-refractivity contribution in [1.29, 1.82) is 0 Å². The zero-order chi connectivity index (χ0) is 35.1. The number of rotatable bonds is 6. The summed E-state index contributed by atoms with van der Waals surface area (Å²) < 4.78 is 2.36. The first-order valence-corrected chi connectivity index (χ1v) is 17.9. The summed E-state index contributed by atoms with van der Waals surface area (Å²) in [7, 11) is 0. The second-order valence-corrected chi connectivity index (χ2v) is 13.3. The number of para-hydroxylation sites is 2. The zero-order valence-electron chi connectivity index (χ0n) is 28.8. The summed E-state index contributed by atoms with van der Waals surface area (Å²) in [5.74, 6) is 1.87. The monoisotopic (exact) mass is 676 g/mol. The molecular weight excluding hydrogens is 645 g/mol. The Labute approximate surface area is 307 Å². The van der Waals surface area contributed by atoms with Gasteiger partial charge in [0, 0.05) is 27.5 Å². The number of nitrogens with zero attached hydrogens (tertiary/aromatic N) is 4. The highest BCUT2D eigenvalue weighted by Gasteiger charge is 2.20. The predicted molar refractivity (Wildman–Crippen MR) is 219 cm³/mol. The van der Waals surface area contributed by atoms with Gasteiger partial charge in [-0.05, 0) is 69.4 Å². The highest BCUT2D eigenvalue weighted by Crippen LogP contribution is 2.38. The van der Waals surface area contributed by atoms with Gasteiger partial charge in [0.15, 0.2) is 17.5 Å². The van der Waals surface area contributed by atoms with E-state index in [2.05, 4.69) is 174 Å². The second kappa shape index (κ2) is 12.9. The van der Waals surface area contributed by atoms with Gasteiger partial charge in [-0.1, -0.05) is 158 Å². The van der Waals surface area contributed by atoms with Gasteiger partial charge in [0.05, 0.1) is 16.7 Å². The van der Waals surface area contributed by atoms with Crippen molar-refractivity contribution in [2.45, 2.75) is 0 Å². The molecule has 0 unspecified atom stereocenters.